The maximum atomic E-state index is 10.6. The van der Waals surface area contributed by atoms with Gasteiger partial charge in [-0.15, -0.1) is 24.0 Å². The van der Waals surface area contributed by atoms with Crippen molar-refractivity contribution in [2.75, 3.05) is 46.3 Å². The lowest BCUT2D eigenvalue weighted by atomic mass is 10.0. The van der Waals surface area contributed by atoms with Crippen LogP contribution in [-0.4, -0.2) is 67.2 Å². The van der Waals surface area contributed by atoms with Crippen molar-refractivity contribution in [1.82, 2.24) is 20.4 Å². The van der Waals surface area contributed by atoms with Crippen LogP contribution >= 0.6 is 24.0 Å². The number of rotatable bonds is 8. The summed E-state index contributed by atoms with van der Waals surface area (Å²) in [4.78, 5) is 9.54. The van der Waals surface area contributed by atoms with Gasteiger partial charge >= 0.3 is 0 Å². The molecule has 0 spiro atoms. The molecule has 1 aromatic carbocycles. The lowest BCUT2D eigenvalue weighted by Crippen LogP contribution is -2.44. The highest BCUT2D eigenvalue weighted by Crippen LogP contribution is 2.19. The van der Waals surface area contributed by atoms with Gasteiger partial charge in [0.25, 0.3) is 0 Å². The minimum Gasteiger partial charge on any atom is -0.466 e. The second-order valence-electron chi connectivity index (χ2n) is 8.20. The van der Waals surface area contributed by atoms with Crippen LogP contribution in [-0.2, 0) is 18.7 Å². The first-order chi connectivity index (χ1) is 14.5. The lowest BCUT2D eigenvalue weighted by Gasteiger charge is -2.32. The Bertz CT molecular complexity index is 785. The van der Waals surface area contributed by atoms with E-state index in [2.05, 4.69) is 56.7 Å². The van der Waals surface area contributed by atoms with Crippen LogP contribution < -0.4 is 10.6 Å². The molecule has 31 heavy (non-hydrogen) atoms. The van der Waals surface area contributed by atoms with Crippen molar-refractivity contribution < 1.29 is 9.52 Å². The molecule has 0 amide bonds. The van der Waals surface area contributed by atoms with E-state index in [-0.39, 0.29) is 24.0 Å². The Morgan fingerprint density at radius 1 is 1.10 bits per heavy atom. The van der Waals surface area contributed by atoms with Crippen LogP contribution in [0, 0.1) is 0 Å². The normalized spacial score (nSPS) is 17.6. The van der Waals surface area contributed by atoms with Gasteiger partial charge in [0.15, 0.2) is 5.96 Å². The maximum absolute atomic E-state index is 10.6. The molecule has 0 bridgehead atoms. The summed E-state index contributed by atoms with van der Waals surface area (Å²) in [5.74, 6) is 1.20. The van der Waals surface area contributed by atoms with Crippen LogP contribution in [0.1, 0.15) is 30.7 Å². The van der Waals surface area contributed by atoms with Gasteiger partial charge in [-0.1, -0.05) is 24.3 Å². The lowest BCUT2D eigenvalue weighted by molar-refractivity contribution is 0.0386. The zero-order valence-electron chi connectivity index (χ0n) is 18.8. The average Bonchev–Trinajstić information content (AvgIpc) is 3.29. The number of piperazine rings is 1. The Morgan fingerprint density at radius 3 is 2.39 bits per heavy atom. The predicted octanol–water partition coefficient (Wildman–Crippen LogP) is 2.61. The minimum absolute atomic E-state index is 0. The van der Waals surface area contributed by atoms with E-state index in [1.807, 2.05) is 6.92 Å². The van der Waals surface area contributed by atoms with E-state index in [4.69, 9.17) is 4.42 Å². The molecule has 0 aliphatic carbocycles. The van der Waals surface area contributed by atoms with Gasteiger partial charge in [0.2, 0.25) is 0 Å². The first-order valence-electron chi connectivity index (χ1n) is 10.7. The van der Waals surface area contributed by atoms with Gasteiger partial charge in [-0.05, 0) is 44.2 Å². The van der Waals surface area contributed by atoms with Crippen molar-refractivity contribution in [1.29, 1.82) is 0 Å². The molecule has 1 aliphatic heterocycles. The molecule has 7 nitrogen and oxygen atoms in total. The highest BCUT2D eigenvalue weighted by Gasteiger charge is 2.26. The van der Waals surface area contributed by atoms with Gasteiger partial charge in [0.05, 0.1) is 19.4 Å². The number of aliphatic hydroxyl groups is 1. The van der Waals surface area contributed by atoms with Crippen molar-refractivity contribution in [2.45, 2.75) is 32.5 Å². The number of nitrogens with zero attached hydrogens (tertiary/aromatic N) is 3. The van der Waals surface area contributed by atoms with Crippen LogP contribution in [0.25, 0.3) is 0 Å². The van der Waals surface area contributed by atoms with E-state index in [1.54, 1.807) is 25.3 Å². The monoisotopic (exact) mass is 541 g/mol. The Hall–Kier alpha value is -1.62. The smallest absolute Gasteiger partial charge is 0.191 e. The molecule has 2 heterocycles. The summed E-state index contributed by atoms with van der Waals surface area (Å²) in [5.41, 5.74) is 1.39. The van der Waals surface area contributed by atoms with E-state index in [0.29, 0.717) is 24.8 Å². The summed E-state index contributed by atoms with van der Waals surface area (Å²) in [6, 6.07) is 12.2. The number of benzene rings is 1. The Morgan fingerprint density at radius 2 is 1.77 bits per heavy atom. The van der Waals surface area contributed by atoms with E-state index in [0.717, 1.165) is 44.8 Å². The van der Waals surface area contributed by atoms with Gasteiger partial charge in [0.1, 0.15) is 11.4 Å². The number of halogens is 1. The van der Waals surface area contributed by atoms with Gasteiger partial charge in [-0.2, -0.15) is 0 Å². The van der Waals surface area contributed by atoms with Gasteiger partial charge < -0.3 is 25.1 Å². The number of hydrogen-bond acceptors (Lipinski definition) is 5. The summed E-state index contributed by atoms with van der Waals surface area (Å²) < 4.78 is 5.33. The van der Waals surface area contributed by atoms with Crippen molar-refractivity contribution in [2.24, 2.45) is 4.99 Å². The van der Waals surface area contributed by atoms with E-state index in [1.165, 1.54) is 5.56 Å². The number of guanidine groups is 1. The summed E-state index contributed by atoms with van der Waals surface area (Å²) >= 11 is 0. The first kappa shape index (κ1) is 25.6. The molecule has 3 rings (SSSR count). The highest BCUT2D eigenvalue weighted by atomic mass is 127. The van der Waals surface area contributed by atoms with Crippen molar-refractivity contribution in [3.63, 3.8) is 0 Å². The summed E-state index contributed by atoms with van der Waals surface area (Å²) in [7, 11) is 2.18. The molecule has 1 atom stereocenters. The molecular formula is C23H36IN5O2. The number of aliphatic imine (C=N–C) groups is 1. The molecule has 3 N–H and O–H groups in total. The fraction of sp³-hybridized carbons (Fsp3) is 0.522. The quantitative estimate of drug-likeness (QED) is 0.271. The third kappa shape index (κ3) is 8.10. The number of nitrogens with one attached hydrogen (secondary N) is 2. The van der Waals surface area contributed by atoms with Crippen LogP contribution in [0.3, 0.4) is 0 Å². The Labute approximate surface area is 202 Å². The van der Waals surface area contributed by atoms with Gasteiger partial charge in [0, 0.05) is 39.3 Å². The molecule has 0 saturated carbocycles. The minimum atomic E-state index is -1.11. The molecule has 0 radical (unpaired) electrons. The summed E-state index contributed by atoms with van der Waals surface area (Å²) in [6.45, 7) is 10.9. The van der Waals surface area contributed by atoms with Crippen molar-refractivity contribution in [3.05, 3.63) is 59.5 Å². The SMILES string of the molecule is CCNC(=NCc1ccc(CN2CCN(C)CC2)cc1)NCC(C)(O)c1ccco1.I. The molecule has 1 fully saturated rings. The van der Waals surface area contributed by atoms with Crippen LogP contribution in [0.5, 0.6) is 0 Å². The van der Waals surface area contributed by atoms with Gasteiger partial charge in [-0.3, -0.25) is 4.90 Å². The second-order valence-corrected chi connectivity index (χ2v) is 8.20. The fourth-order valence-corrected chi connectivity index (χ4v) is 3.45. The van der Waals surface area contributed by atoms with Crippen LogP contribution in [0.15, 0.2) is 52.1 Å². The molecular weight excluding hydrogens is 505 g/mol. The molecule has 1 aliphatic rings. The highest BCUT2D eigenvalue weighted by molar-refractivity contribution is 14.0. The molecule has 1 saturated heterocycles. The van der Waals surface area contributed by atoms with E-state index >= 15 is 0 Å². The van der Waals surface area contributed by atoms with Crippen molar-refractivity contribution >= 4 is 29.9 Å². The number of furan rings is 1. The average molecular weight is 541 g/mol. The molecule has 1 aromatic heterocycles. The summed E-state index contributed by atoms with van der Waals surface area (Å²) in [5, 5.41) is 17.0. The van der Waals surface area contributed by atoms with Gasteiger partial charge in [-0.25, -0.2) is 4.99 Å². The van der Waals surface area contributed by atoms with E-state index < -0.39 is 5.60 Å². The largest absolute Gasteiger partial charge is 0.466 e. The second kappa shape index (κ2) is 12.4. The third-order valence-electron chi connectivity index (χ3n) is 5.44. The molecule has 2 aromatic rings. The zero-order chi connectivity index (χ0) is 21.4. The van der Waals surface area contributed by atoms with Crippen LogP contribution in [0.2, 0.25) is 0 Å². The Balaban J connectivity index is 0.00000341. The number of likely N-dealkylation sites (N-methyl/N-ethyl adjacent to an activating group) is 1. The standard InChI is InChI=1S/C23H35N5O2.HI/c1-4-24-22(26-18-23(2,29)21-6-5-15-30-21)25-16-19-7-9-20(10-8-19)17-28-13-11-27(3)12-14-28;/h5-10,15,29H,4,11-14,16-18H2,1-3H3,(H2,24,25,26);1H. The summed E-state index contributed by atoms with van der Waals surface area (Å²) in [6.07, 6.45) is 1.57. The molecule has 172 valence electrons. The third-order valence-corrected chi connectivity index (χ3v) is 5.44. The van der Waals surface area contributed by atoms with Crippen LogP contribution in [0.4, 0.5) is 0 Å². The first-order valence-corrected chi connectivity index (χ1v) is 10.7. The molecule has 8 heteroatoms. The fourth-order valence-electron chi connectivity index (χ4n) is 3.45. The topological polar surface area (TPSA) is 76.3 Å². The number of hydrogen-bond donors (Lipinski definition) is 3. The predicted molar refractivity (Wildman–Crippen MR) is 136 cm³/mol. The van der Waals surface area contributed by atoms with Crippen molar-refractivity contribution in [3.8, 4) is 0 Å². The molecule has 1 unspecified atom stereocenters. The zero-order valence-corrected chi connectivity index (χ0v) is 21.1. The maximum Gasteiger partial charge on any atom is 0.191 e. The Kier molecular flexibility index (Phi) is 10.3. The van der Waals surface area contributed by atoms with E-state index in [9.17, 15) is 5.11 Å².